The fraction of sp³-hybridized carbons (Fsp3) is 0.0455. The Bertz CT molecular complexity index is 803. The lowest BCUT2D eigenvalue weighted by Gasteiger charge is -1.95. The van der Waals surface area contributed by atoms with Crippen molar-refractivity contribution in [2.24, 2.45) is 10.3 Å². The van der Waals surface area contributed by atoms with Crippen LogP contribution < -0.4 is 5.43 Å². The molecule has 0 bridgehead atoms. The second-order valence-electron chi connectivity index (χ2n) is 5.29. The molecule has 1 aromatic rings. The molecule has 0 saturated heterocycles. The lowest BCUT2D eigenvalue weighted by Crippen LogP contribution is -1.88. The summed E-state index contributed by atoms with van der Waals surface area (Å²) in [4.78, 5) is 9.76. The highest BCUT2D eigenvalue weighted by molar-refractivity contribution is 5.65. The van der Waals surface area contributed by atoms with Crippen molar-refractivity contribution in [3.8, 4) is 11.1 Å². The van der Waals surface area contributed by atoms with Crippen molar-refractivity contribution in [2.45, 2.75) is 6.61 Å². The molecule has 1 aliphatic heterocycles. The first kappa shape index (κ1) is 19.6. The van der Waals surface area contributed by atoms with Crippen LogP contribution in [-0.4, -0.2) is 6.47 Å². The summed E-state index contributed by atoms with van der Waals surface area (Å²) >= 11 is 0. The number of carbonyl (C=O) groups excluding carboxylic acids is 1. The van der Waals surface area contributed by atoms with Crippen LogP contribution in [0.1, 0.15) is 5.56 Å². The molecule has 5 heteroatoms. The zero-order chi connectivity index (χ0) is 19.0. The number of hydrogen-bond donors (Lipinski definition) is 1. The average molecular weight is 359 g/mol. The first-order valence-electron chi connectivity index (χ1n) is 8.40. The third-order valence-corrected chi connectivity index (χ3v) is 3.37. The maximum absolute atomic E-state index is 9.76. The highest BCUT2D eigenvalue weighted by Crippen LogP contribution is 2.19. The number of ether oxygens (including phenoxy) is 1. The molecule has 2 aliphatic carbocycles. The van der Waals surface area contributed by atoms with E-state index in [-0.39, 0.29) is 0 Å². The Morgan fingerprint density at radius 2 is 1.44 bits per heavy atom. The van der Waals surface area contributed by atoms with E-state index in [9.17, 15) is 4.79 Å². The summed E-state index contributed by atoms with van der Waals surface area (Å²) in [5.74, 6) is 0. The SMILES string of the molecule is C1=CN=NNC=C1.O=COCc1ccccc1.c1ccc2cccc-2cc1. The van der Waals surface area contributed by atoms with E-state index in [0.717, 1.165) is 5.56 Å². The summed E-state index contributed by atoms with van der Waals surface area (Å²) in [6, 6.07) is 26.3. The molecule has 3 aliphatic rings. The third-order valence-electron chi connectivity index (χ3n) is 3.37. The van der Waals surface area contributed by atoms with Gasteiger partial charge >= 0.3 is 0 Å². The van der Waals surface area contributed by atoms with E-state index in [1.807, 2.05) is 42.5 Å². The molecule has 0 saturated carbocycles. The third kappa shape index (κ3) is 8.27. The van der Waals surface area contributed by atoms with Gasteiger partial charge in [0.1, 0.15) is 6.61 Å². The summed E-state index contributed by atoms with van der Waals surface area (Å²) in [7, 11) is 0. The van der Waals surface area contributed by atoms with Gasteiger partial charge in [0.15, 0.2) is 0 Å². The van der Waals surface area contributed by atoms with Crippen LogP contribution >= 0.6 is 0 Å². The van der Waals surface area contributed by atoms with Crippen LogP contribution in [0.25, 0.3) is 11.1 Å². The topological polar surface area (TPSA) is 63.0 Å². The second-order valence-corrected chi connectivity index (χ2v) is 5.29. The van der Waals surface area contributed by atoms with Gasteiger partial charge in [0.2, 0.25) is 0 Å². The minimum Gasteiger partial charge on any atom is -0.463 e. The highest BCUT2D eigenvalue weighted by atomic mass is 16.5. The number of benzene rings is 1. The number of nitrogens with one attached hydrogen (secondary N) is 1. The quantitative estimate of drug-likeness (QED) is 0.659. The lowest BCUT2D eigenvalue weighted by atomic mass is 10.2. The molecule has 0 atom stereocenters. The summed E-state index contributed by atoms with van der Waals surface area (Å²) in [6.45, 7) is 0.817. The molecule has 4 rings (SSSR count). The van der Waals surface area contributed by atoms with Crippen LogP contribution in [0.15, 0.2) is 114 Å². The van der Waals surface area contributed by atoms with E-state index in [1.54, 1.807) is 18.5 Å². The number of carbonyl (C=O) groups is 1. The molecule has 0 unspecified atom stereocenters. The first-order chi connectivity index (χ1) is 13.4. The maximum Gasteiger partial charge on any atom is 0.293 e. The smallest absolute Gasteiger partial charge is 0.293 e. The minimum atomic E-state index is 0.365. The molecule has 0 radical (unpaired) electrons. The Kier molecular flexibility index (Phi) is 9.15. The van der Waals surface area contributed by atoms with Gasteiger partial charge < -0.3 is 4.74 Å². The van der Waals surface area contributed by atoms with Gasteiger partial charge in [0, 0.05) is 6.20 Å². The van der Waals surface area contributed by atoms with Crippen LogP contribution in [0.5, 0.6) is 0 Å². The minimum absolute atomic E-state index is 0.365. The van der Waals surface area contributed by atoms with E-state index in [4.69, 9.17) is 0 Å². The van der Waals surface area contributed by atoms with Gasteiger partial charge in [-0.25, -0.2) is 0 Å². The van der Waals surface area contributed by atoms with Crippen LogP contribution in [0.3, 0.4) is 0 Å². The molecular weight excluding hydrogens is 338 g/mol. The standard InChI is InChI=1S/C10H8.C8H8O2.C4H5N3/c1-2-5-9-7-4-8-10(9)6-3-1;9-7-10-6-8-4-2-1-3-5-8;1-2-4-6-7-5-3-1/h1-8H;1-5,7H,6H2;1-4H,(H,5,6). The van der Waals surface area contributed by atoms with Gasteiger partial charge in [-0.05, 0) is 28.8 Å². The second kappa shape index (κ2) is 12.6. The summed E-state index contributed by atoms with van der Waals surface area (Å²) < 4.78 is 4.54. The van der Waals surface area contributed by atoms with Crippen molar-refractivity contribution in [2.75, 3.05) is 0 Å². The Morgan fingerprint density at radius 3 is 2.11 bits per heavy atom. The van der Waals surface area contributed by atoms with Gasteiger partial charge in [-0.1, -0.05) is 84.1 Å². The Balaban J connectivity index is 0.000000148. The van der Waals surface area contributed by atoms with E-state index in [1.165, 1.54) is 11.1 Å². The molecule has 136 valence electrons. The summed E-state index contributed by atoms with van der Waals surface area (Å²) in [5, 5.41) is 7.01. The van der Waals surface area contributed by atoms with Crippen molar-refractivity contribution >= 4 is 6.47 Å². The average Bonchev–Trinajstić information content (AvgIpc) is 2.92. The number of hydrogen-bond acceptors (Lipinski definition) is 5. The summed E-state index contributed by atoms with van der Waals surface area (Å²) in [5.41, 5.74) is 6.19. The van der Waals surface area contributed by atoms with Gasteiger partial charge in [-0.15, -0.1) is 5.11 Å². The van der Waals surface area contributed by atoms with Crippen LogP contribution in [-0.2, 0) is 16.1 Å². The Hall–Kier alpha value is -3.73. The Morgan fingerprint density at radius 1 is 0.815 bits per heavy atom. The van der Waals surface area contributed by atoms with Crippen molar-refractivity contribution in [3.63, 3.8) is 0 Å². The molecule has 27 heavy (non-hydrogen) atoms. The highest BCUT2D eigenvalue weighted by Gasteiger charge is 1.94. The number of fused-ring (bicyclic) bond motifs is 1. The molecular formula is C22H21N3O2. The van der Waals surface area contributed by atoms with Crippen molar-refractivity contribution in [3.05, 3.63) is 109 Å². The summed E-state index contributed by atoms with van der Waals surface area (Å²) in [6.07, 6.45) is 6.92. The molecule has 0 spiro atoms. The zero-order valence-electron chi connectivity index (χ0n) is 14.8. The number of allylic oxidation sites excluding steroid dienone is 2. The molecule has 0 aromatic heterocycles. The zero-order valence-corrected chi connectivity index (χ0v) is 14.8. The van der Waals surface area contributed by atoms with Gasteiger partial charge in [-0.3, -0.25) is 10.2 Å². The van der Waals surface area contributed by atoms with Crippen molar-refractivity contribution in [1.82, 2.24) is 5.43 Å². The van der Waals surface area contributed by atoms with Crippen molar-refractivity contribution < 1.29 is 9.53 Å². The monoisotopic (exact) mass is 359 g/mol. The van der Waals surface area contributed by atoms with E-state index in [0.29, 0.717) is 13.1 Å². The first-order valence-corrected chi connectivity index (χ1v) is 8.40. The van der Waals surface area contributed by atoms with Gasteiger partial charge in [0.25, 0.3) is 6.47 Å². The fourth-order valence-corrected chi connectivity index (χ4v) is 2.13. The molecule has 1 N–H and O–H groups in total. The van der Waals surface area contributed by atoms with Gasteiger partial charge in [0.05, 0.1) is 6.20 Å². The molecule has 0 amide bonds. The van der Waals surface area contributed by atoms with E-state index >= 15 is 0 Å². The predicted octanol–water partition coefficient (Wildman–Crippen LogP) is 5.14. The predicted molar refractivity (Wildman–Crippen MR) is 107 cm³/mol. The van der Waals surface area contributed by atoms with Crippen molar-refractivity contribution in [1.29, 1.82) is 0 Å². The van der Waals surface area contributed by atoms with Crippen LogP contribution in [0.4, 0.5) is 0 Å². The van der Waals surface area contributed by atoms with Gasteiger partial charge in [-0.2, -0.15) is 0 Å². The number of nitrogens with zero attached hydrogens (tertiary/aromatic N) is 2. The van der Waals surface area contributed by atoms with Crippen LogP contribution in [0, 0.1) is 0 Å². The Labute approximate surface area is 159 Å². The molecule has 0 fully saturated rings. The van der Waals surface area contributed by atoms with E-state index in [2.05, 4.69) is 63.0 Å². The normalized spacial score (nSPS) is 11.1. The van der Waals surface area contributed by atoms with Crippen LogP contribution in [0.2, 0.25) is 0 Å². The molecule has 1 aromatic carbocycles. The van der Waals surface area contributed by atoms with E-state index < -0.39 is 0 Å². The lowest BCUT2D eigenvalue weighted by molar-refractivity contribution is -0.129. The largest absolute Gasteiger partial charge is 0.463 e. The molecule has 5 nitrogen and oxygen atoms in total. The fourth-order valence-electron chi connectivity index (χ4n) is 2.13. The maximum atomic E-state index is 9.76. The molecule has 1 heterocycles. The number of rotatable bonds is 3.